The first-order valence-electron chi connectivity index (χ1n) is 8.40. The second kappa shape index (κ2) is 6.57. The highest BCUT2D eigenvalue weighted by atomic mass is 16.5. The lowest BCUT2D eigenvalue weighted by molar-refractivity contribution is 0.180. The standard InChI is InChI=1S/C18H21N5O/c1-13-4-2-3-5-15(13)18-20-17(24-22-18)12-23-10-7-14(8-11-23)16-6-9-19-21-16/h2-6,9,14H,7-8,10-12H2,1H3,(H,19,21). The average Bonchev–Trinajstić information content (AvgIpc) is 3.28. The Hall–Kier alpha value is -2.47. The topological polar surface area (TPSA) is 70.8 Å². The number of nitrogens with one attached hydrogen (secondary N) is 1. The van der Waals surface area contributed by atoms with Gasteiger partial charge in [-0.1, -0.05) is 29.4 Å². The number of hydrogen-bond donors (Lipinski definition) is 1. The summed E-state index contributed by atoms with van der Waals surface area (Å²) in [6.07, 6.45) is 4.08. The van der Waals surface area contributed by atoms with Crippen LogP contribution in [0, 0.1) is 6.92 Å². The predicted octanol–water partition coefficient (Wildman–Crippen LogP) is 3.15. The van der Waals surface area contributed by atoms with Crippen molar-refractivity contribution in [1.29, 1.82) is 0 Å². The monoisotopic (exact) mass is 323 g/mol. The molecule has 0 unspecified atom stereocenters. The zero-order valence-electron chi connectivity index (χ0n) is 13.8. The lowest BCUT2D eigenvalue weighted by atomic mass is 9.94. The molecule has 1 saturated heterocycles. The summed E-state index contributed by atoms with van der Waals surface area (Å²) in [7, 11) is 0. The summed E-state index contributed by atoms with van der Waals surface area (Å²) < 4.78 is 5.46. The Morgan fingerprint density at radius 1 is 1.21 bits per heavy atom. The molecule has 24 heavy (non-hydrogen) atoms. The van der Waals surface area contributed by atoms with Crippen LogP contribution in [0.4, 0.5) is 0 Å². The van der Waals surface area contributed by atoms with E-state index in [1.165, 1.54) is 5.69 Å². The number of rotatable bonds is 4. The van der Waals surface area contributed by atoms with E-state index in [4.69, 9.17) is 4.52 Å². The smallest absolute Gasteiger partial charge is 0.241 e. The SMILES string of the molecule is Cc1ccccc1-c1noc(CN2CCC(c3ccn[nH]3)CC2)n1. The normalized spacial score (nSPS) is 16.5. The van der Waals surface area contributed by atoms with Crippen molar-refractivity contribution in [3.63, 3.8) is 0 Å². The van der Waals surface area contributed by atoms with Gasteiger partial charge < -0.3 is 4.52 Å². The molecule has 6 nitrogen and oxygen atoms in total. The van der Waals surface area contributed by atoms with Gasteiger partial charge in [0.05, 0.1) is 6.54 Å². The lowest BCUT2D eigenvalue weighted by Gasteiger charge is -2.30. The van der Waals surface area contributed by atoms with Crippen molar-refractivity contribution in [2.45, 2.75) is 32.2 Å². The molecular formula is C18H21N5O. The van der Waals surface area contributed by atoms with Gasteiger partial charge in [-0.3, -0.25) is 10.00 Å². The van der Waals surface area contributed by atoms with E-state index in [1.54, 1.807) is 0 Å². The largest absolute Gasteiger partial charge is 0.338 e. The van der Waals surface area contributed by atoms with Gasteiger partial charge in [0.2, 0.25) is 11.7 Å². The molecule has 0 bridgehead atoms. The first-order valence-corrected chi connectivity index (χ1v) is 8.40. The summed E-state index contributed by atoms with van der Waals surface area (Å²) in [6, 6.07) is 10.2. The highest BCUT2D eigenvalue weighted by Gasteiger charge is 2.23. The molecule has 3 aromatic rings. The van der Waals surface area contributed by atoms with E-state index in [-0.39, 0.29) is 0 Å². The highest BCUT2D eigenvalue weighted by Crippen LogP contribution is 2.27. The highest BCUT2D eigenvalue weighted by molar-refractivity contribution is 5.58. The van der Waals surface area contributed by atoms with Gasteiger partial charge in [-0.05, 0) is 44.5 Å². The number of H-pyrrole nitrogens is 1. The number of nitrogens with zero attached hydrogens (tertiary/aromatic N) is 4. The molecule has 2 aromatic heterocycles. The Morgan fingerprint density at radius 2 is 2.04 bits per heavy atom. The molecule has 1 fully saturated rings. The van der Waals surface area contributed by atoms with Gasteiger partial charge in [0.1, 0.15) is 0 Å². The van der Waals surface area contributed by atoms with E-state index < -0.39 is 0 Å². The van der Waals surface area contributed by atoms with Crippen molar-refractivity contribution in [2.24, 2.45) is 0 Å². The van der Waals surface area contributed by atoms with E-state index >= 15 is 0 Å². The first-order chi connectivity index (χ1) is 11.8. The molecular weight excluding hydrogens is 302 g/mol. The van der Waals surface area contributed by atoms with E-state index in [9.17, 15) is 0 Å². The number of piperidine rings is 1. The van der Waals surface area contributed by atoms with Crippen molar-refractivity contribution in [2.75, 3.05) is 13.1 Å². The van der Waals surface area contributed by atoms with Crippen molar-refractivity contribution < 1.29 is 4.52 Å². The van der Waals surface area contributed by atoms with Crippen LogP contribution >= 0.6 is 0 Å². The minimum Gasteiger partial charge on any atom is -0.338 e. The third-order valence-electron chi connectivity index (χ3n) is 4.76. The Bertz CT molecular complexity index is 787. The van der Waals surface area contributed by atoms with Crippen LogP contribution in [-0.4, -0.2) is 38.3 Å². The summed E-state index contributed by atoms with van der Waals surface area (Å²) in [6.45, 7) is 4.84. The number of aromatic amines is 1. The molecule has 0 atom stereocenters. The third-order valence-corrected chi connectivity index (χ3v) is 4.76. The van der Waals surface area contributed by atoms with Gasteiger partial charge in [-0.15, -0.1) is 0 Å². The maximum absolute atomic E-state index is 5.46. The molecule has 0 saturated carbocycles. The third kappa shape index (κ3) is 3.10. The molecule has 0 aliphatic carbocycles. The quantitative estimate of drug-likeness (QED) is 0.798. The van der Waals surface area contributed by atoms with Crippen LogP contribution in [0.5, 0.6) is 0 Å². The Morgan fingerprint density at radius 3 is 2.79 bits per heavy atom. The fraction of sp³-hybridized carbons (Fsp3) is 0.389. The van der Waals surface area contributed by atoms with Crippen molar-refractivity contribution in [1.82, 2.24) is 25.2 Å². The molecule has 0 amide bonds. The molecule has 1 aliphatic heterocycles. The maximum atomic E-state index is 5.46. The van der Waals surface area contributed by atoms with Gasteiger partial charge >= 0.3 is 0 Å². The predicted molar refractivity (Wildman–Crippen MR) is 90.3 cm³/mol. The maximum Gasteiger partial charge on any atom is 0.241 e. The van der Waals surface area contributed by atoms with E-state index in [2.05, 4.69) is 44.3 Å². The minimum absolute atomic E-state index is 0.578. The van der Waals surface area contributed by atoms with Crippen LogP contribution in [0.2, 0.25) is 0 Å². The fourth-order valence-corrected chi connectivity index (χ4v) is 3.34. The zero-order chi connectivity index (χ0) is 16.4. The molecule has 3 heterocycles. The molecule has 4 rings (SSSR count). The van der Waals surface area contributed by atoms with Gasteiger partial charge in [0.15, 0.2) is 0 Å². The fourth-order valence-electron chi connectivity index (χ4n) is 3.34. The van der Waals surface area contributed by atoms with Crippen molar-refractivity contribution >= 4 is 0 Å². The van der Waals surface area contributed by atoms with Crippen LogP contribution < -0.4 is 0 Å². The van der Waals surface area contributed by atoms with Gasteiger partial charge in [-0.25, -0.2) is 0 Å². The minimum atomic E-state index is 0.578. The molecule has 1 aromatic carbocycles. The van der Waals surface area contributed by atoms with Crippen LogP contribution in [-0.2, 0) is 6.54 Å². The number of benzene rings is 1. The summed E-state index contributed by atoms with van der Waals surface area (Å²) in [4.78, 5) is 6.95. The van der Waals surface area contributed by atoms with E-state index in [0.29, 0.717) is 24.2 Å². The number of aryl methyl sites for hydroxylation is 1. The van der Waals surface area contributed by atoms with Crippen LogP contribution in [0.25, 0.3) is 11.4 Å². The molecule has 6 heteroatoms. The Labute approximate surface area is 140 Å². The van der Waals surface area contributed by atoms with Crippen molar-refractivity contribution in [3.05, 3.63) is 53.7 Å². The number of hydrogen-bond acceptors (Lipinski definition) is 5. The van der Waals surface area contributed by atoms with Crippen LogP contribution in [0.15, 0.2) is 41.1 Å². The summed E-state index contributed by atoms with van der Waals surface area (Å²) >= 11 is 0. The van der Waals surface area contributed by atoms with Gasteiger partial charge in [0, 0.05) is 23.4 Å². The second-order valence-electron chi connectivity index (χ2n) is 6.39. The number of aromatic nitrogens is 4. The Balaban J connectivity index is 1.38. The lowest BCUT2D eigenvalue weighted by Crippen LogP contribution is -2.32. The molecule has 1 N–H and O–H groups in total. The molecule has 124 valence electrons. The molecule has 0 radical (unpaired) electrons. The second-order valence-corrected chi connectivity index (χ2v) is 6.39. The Kier molecular flexibility index (Phi) is 4.13. The van der Waals surface area contributed by atoms with Gasteiger partial charge in [0.25, 0.3) is 0 Å². The number of likely N-dealkylation sites (tertiary alicyclic amines) is 1. The summed E-state index contributed by atoms with van der Waals surface area (Å²) in [5, 5.41) is 11.3. The average molecular weight is 323 g/mol. The van der Waals surface area contributed by atoms with Crippen molar-refractivity contribution in [3.8, 4) is 11.4 Å². The van der Waals surface area contributed by atoms with Gasteiger partial charge in [-0.2, -0.15) is 10.1 Å². The summed E-state index contributed by atoms with van der Waals surface area (Å²) in [5.74, 6) is 1.94. The van der Waals surface area contributed by atoms with Crippen LogP contribution in [0.3, 0.4) is 0 Å². The molecule has 0 spiro atoms. The van der Waals surface area contributed by atoms with E-state index in [0.717, 1.165) is 37.1 Å². The van der Waals surface area contributed by atoms with Crippen LogP contribution in [0.1, 0.15) is 35.9 Å². The zero-order valence-corrected chi connectivity index (χ0v) is 13.8. The van der Waals surface area contributed by atoms with E-state index in [1.807, 2.05) is 24.4 Å². The summed E-state index contributed by atoms with van der Waals surface area (Å²) in [5.41, 5.74) is 3.44. The molecule has 1 aliphatic rings. The first kappa shape index (κ1) is 15.1.